The summed E-state index contributed by atoms with van der Waals surface area (Å²) in [6.07, 6.45) is 0. The Morgan fingerprint density at radius 3 is 2.45 bits per heavy atom. The predicted molar refractivity (Wildman–Crippen MR) is 91.3 cm³/mol. The van der Waals surface area contributed by atoms with Gasteiger partial charge >= 0.3 is 0 Å². The van der Waals surface area contributed by atoms with Gasteiger partial charge in [-0.3, -0.25) is 9.59 Å². The van der Waals surface area contributed by atoms with E-state index in [0.717, 1.165) is 10.0 Å². The van der Waals surface area contributed by atoms with Gasteiger partial charge in [-0.05, 0) is 64.8 Å². The van der Waals surface area contributed by atoms with Gasteiger partial charge in [0, 0.05) is 15.1 Å². The smallest absolute Gasteiger partial charge is 0.251 e. The number of anilines is 1. The number of amides is 2. The fourth-order valence-corrected chi connectivity index (χ4v) is 2.50. The average molecular weight is 382 g/mol. The van der Waals surface area contributed by atoms with Crippen molar-refractivity contribution in [1.29, 1.82) is 0 Å². The highest BCUT2D eigenvalue weighted by Crippen LogP contribution is 2.23. The summed E-state index contributed by atoms with van der Waals surface area (Å²) in [5.74, 6) is -0.623. The lowest BCUT2D eigenvalue weighted by molar-refractivity contribution is -0.115. The van der Waals surface area contributed by atoms with E-state index in [1.54, 1.807) is 30.3 Å². The van der Waals surface area contributed by atoms with Gasteiger partial charge in [0.05, 0.1) is 12.2 Å². The number of aryl methyl sites for hydroxylation is 1. The number of rotatable bonds is 4. The first-order chi connectivity index (χ1) is 10.5. The molecule has 0 fully saturated rings. The Morgan fingerprint density at radius 2 is 1.82 bits per heavy atom. The summed E-state index contributed by atoms with van der Waals surface area (Å²) in [6, 6.07) is 12.1. The van der Waals surface area contributed by atoms with Crippen molar-refractivity contribution in [3.8, 4) is 0 Å². The minimum Gasteiger partial charge on any atom is -0.343 e. The number of halogens is 2. The zero-order valence-electron chi connectivity index (χ0n) is 11.8. The second kappa shape index (κ2) is 7.42. The molecule has 2 aromatic carbocycles. The Morgan fingerprint density at radius 1 is 1.14 bits per heavy atom. The van der Waals surface area contributed by atoms with Crippen molar-refractivity contribution in [2.75, 3.05) is 11.9 Å². The Bertz CT molecular complexity index is 702. The normalized spacial score (nSPS) is 10.1. The molecule has 2 aromatic rings. The first kappa shape index (κ1) is 16.5. The van der Waals surface area contributed by atoms with Gasteiger partial charge in [0.15, 0.2) is 0 Å². The van der Waals surface area contributed by atoms with Crippen molar-refractivity contribution in [1.82, 2.24) is 5.32 Å². The number of carbonyl (C=O) groups excluding carboxylic acids is 2. The molecule has 0 aromatic heterocycles. The molecule has 114 valence electrons. The van der Waals surface area contributed by atoms with Crippen LogP contribution in [0.1, 0.15) is 15.9 Å². The van der Waals surface area contributed by atoms with Crippen molar-refractivity contribution in [2.45, 2.75) is 6.92 Å². The fourth-order valence-electron chi connectivity index (χ4n) is 1.78. The van der Waals surface area contributed by atoms with Crippen LogP contribution in [0, 0.1) is 6.92 Å². The Labute approximate surface area is 142 Å². The van der Waals surface area contributed by atoms with Crippen LogP contribution in [0.25, 0.3) is 0 Å². The van der Waals surface area contributed by atoms with Crippen molar-refractivity contribution in [2.24, 2.45) is 0 Å². The van der Waals surface area contributed by atoms with E-state index in [1.165, 1.54) is 0 Å². The Balaban J connectivity index is 1.89. The summed E-state index contributed by atoms with van der Waals surface area (Å²) in [7, 11) is 0. The molecular formula is C16H14BrClN2O2. The van der Waals surface area contributed by atoms with Crippen molar-refractivity contribution >= 4 is 45.0 Å². The predicted octanol–water partition coefficient (Wildman–Crippen LogP) is 3.78. The van der Waals surface area contributed by atoms with Crippen LogP contribution in [0.15, 0.2) is 46.9 Å². The van der Waals surface area contributed by atoms with E-state index in [1.807, 2.05) is 19.1 Å². The van der Waals surface area contributed by atoms with E-state index in [2.05, 4.69) is 26.6 Å². The minimum atomic E-state index is -0.324. The molecular weight excluding hydrogens is 368 g/mol. The van der Waals surface area contributed by atoms with Crippen LogP contribution in [0.2, 0.25) is 5.02 Å². The maximum atomic E-state index is 11.9. The lowest BCUT2D eigenvalue weighted by atomic mass is 10.2. The van der Waals surface area contributed by atoms with E-state index in [4.69, 9.17) is 11.6 Å². The van der Waals surface area contributed by atoms with Gasteiger partial charge < -0.3 is 10.6 Å². The molecule has 2 rings (SSSR count). The quantitative estimate of drug-likeness (QED) is 0.847. The molecule has 0 radical (unpaired) electrons. The van der Waals surface area contributed by atoms with Crippen LogP contribution in [0.5, 0.6) is 0 Å². The van der Waals surface area contributed by atoms with Crippen LogP contribution in [-0.2, 0) is 4.79 Å². The van der Waals surface area contributed by atoms with Gasteiger partial charge in [0.1, 0.15) is 0 Å². The number of carbonyl (C=O) groups is 2. The molecule has 0 aliphatic rings. The first-order valence-corrected chi connectivity index (χ1v) is 7.72. The maximum Gasteiger partial charge on any atom is 0.251 e. The van der Waals surface area contributed by atoms with E-state index in [0.29, 0.717) is 16.3 Å². The van der Waals surface area contributed by atoms with Crippen molar-refractivity contribution in [3.63, 3.8) is 0 Å². The van der Waals surface area contributed by atoms with E-state index in [9.17, 15) is 9.59 Å². The summed E-state index contributed by atoms with van der Waals surface area (Å²) in [5, 5.41) is 5.85. The third-order valence-corrected chi connectivity index (χ3v) is 3.82. The van der Waals surface area contributed by atoms with Gasteiger partial charge in [-0.15, -0.1) is 0 Å². The number of hydrogen-bond donors (Lipinski definition) is 2. The van der Waals surface area contributed by atoms with E-state index in [-0.39, 0.29) is 18.4 Å². The summed E-state index contributed by atoms with van der Waals surface area (Å²) in [5.41, 5.74) is 2.20. The standard InChI is InChI=1S/C16H14BrClN2O2/c1-10-2-7-14(13(17)8-10)20-15(21)9-19-16(22)11-3-5-12(18)6-4-11/h2-8H,9H2,1H3,(H,19,22)(H,20,21). The third kappa shape index (κ3) is 4.58. The molecule has 0 atom stereocenters. The highest BCUT2D eigenvalue weighted by atomic mass is 79.9. The molecule has 22 heavy (non-hydrogen) atoms. The Kier molecular flexibility index (Phi) is 5.57. The molecule has 0 saturated heterocycles. The molecule has 0 heterocycles. The second-order valence-corrected chi connectivity index (χ2v) is 6.01. The van der Waals surface area contributed by atoms with E-state index >= 15 is 0 Å². The van der Waals surface area contributed by atoms with Crippen molar-refractivity contribution < 1.29 is 9.59 Å². The largest absolute Gasteiger partial charge is 0.343 e. The van der Waals surface area contributed by atoms with E-state index < -0.39 is 0 Å². The Hall–Kier alpha value is -1.85. The summed E-state index contributed by atoms with van der Waals surface area (Å²) in [6.45, 7) is 1.85. The molecule has 2 N–H and O–H groups in total. The number of benzene rings is 2. The van der Waals surface area contributed by atoms with Crippen LogP contribution >= 0.6 is 27.5 Å². The molecule has 4 nitrogen and oxygen atoms in total. The van der Waals surface area contributed by atoms with Gasteiger partial charge in [-0.1, -0.05) is 17.7 Å². The zero-order chi connectivity index (χ0) is 16.1. The maximum absolute atomic E-state index is 11.9. The van der Waals surface area contributed by atoms with Gasteiger partial charge in [0.2, 0.25) is 5.91 Å². The molecule has 0 spiro atoms. The highest BCUT2D eigenvalue weighted by Gasteiger charge is 2.09. The number of hydrogen-bond acceptors (Lipinski definition) is 2. The third-order valence-electron chi connectivity index (χ3n) is 2.91. The molecule has 6 heteroatoms. The van der Waals surface area contributed by atoms with Crippen LogP contribution < -0.4 is 10.6 Å². The molecule has 0 aliphatic carbocycles. The molecule has 0 aliphatic heterocycles. The van der Waals surface area contributed by atoms with Gasteiger partial charge in [0.25, 0.3) is 5.91 Å². The summed E-state index contributed by atoms with van der Waals surface area (Å²) >= 11 is 9.14. The zero-order valence-corrected chi connectivity index (χ0v) is 14.2. The number of nitrogens with one attached hydrogen (secondary N) is 2. The summed E-state index contributed by atoms with van der Waals surface area (Å²) in [4.78, 5) is 23.8. The van der Waals surface area contributed by atoms with Crippen LogP contribution in [0.4, 0.5) is 5.69 Å². The van der Waals surface area contributed by atoms with Gasteiger partial charge in [-0.2, -0.15) is 0 Å². The van der Waals surface area contributed by atoms with Crippen LogP contribution in [-0.4, -0.2) is 18.4 Å². The molecule has 0 bridgehead atoms. The van der Waals surface area contributed by atoms with Gasteiger partial charge in [-0.25, -0.2) is 0 Å². The highest BCUT2D eigenvalue weighted by molar-refractivity contribution is 9.10. The van der Waals surface area contributed by atoms with Crippen molar-refractivity contribution in [3.05, 3.63) is 63.1 Å². The fraction of sp³-hybridized carbons (Fsp3) is 0.125. The lowest BCUT2D eigenvalue weighted by Gasteiger charge is -2.09. The molecule has 2 amide bonds. The average Bonchev–Trinajstić information content (AvgIpc) is 2.48. The lowest BCUT2D eigenvalue weighted by Crippen LogP contribution is -2.32. The molecule has 0 unspecified atom stereocenters. The summed E-state index contributed by atoms with van der Waals surface area (Å²) < 4.78 is 0.796. The second-order valence-electron chi connectivity index (χ2n) is 4.72. The SMILES string of the molecule is Cc1ccc(NC(=O)CNC(=O)c2ccc(Cl)cc2)c(Br)c1. The first-order valence-electron chi connectivity index (χ1n) is 6.55. The van der Waals surface area contributed by atoms with Crippen LogP contribution in [0.3, 0.4) is 0 Å². The topological polar surface area (TPSA) is 58.2 Å². The monoisotopic (exact) mass is 380 g/mol. The molecule has 0 saturated carbocycles. The minimum absolute atomic E-state index is 0.109.